The fraction of sp³-hybridized carbons (Fsp3) is 0.409. The number of amides is 1. The first-order chi connectivity index (χ1) is 14.9. The molecule has 166 valence electrons. The molecule has 1 atom stereocenters. The molecule has 2 aromatic rings. The van der Waals surface area contributed by atoms with Crippen molar-refractivity contribution in [1.82, 2.24) is 9.62 Å². The van der Waals surface area contributed by atoms with Gasteiger partial charge in [-0.3, -0.25) is 4.79 Å². The van der Waals surface area contributed by atoms with Crippen molar-refractivity contribution < 1.29 is 22.7 Å². The first-order valence-corrected chi connectivity index (χ1v) is 12.3. The van der Waals surface area contributed by atoms with E-state index < -0.39 is 10.0 Å². The Morgan fingerprint density at radius 2 is 1.74 bits per heavy atom. The molecule has 2 aliphatic rings. The van der Waals surface area contributed by atoms with Crippen LogP contribution in [0.5, 0.6) is 11.5 Å². The van der Waals surface area contributed by atoms with Gasteiger partial charge in [-0.05, 0) is 36.6 Å². The summed E-state index contributed by atoms with van der Waals surface area (Å²) in [6, 6.07) is 14.4. The zero-order valence-corrected chi connectivity index (χ0v) is 18.6. The van der Waals surface area contributed by atoms with E-state index in [1.54, 1.807) is 24.3 Å². The van der Waals surface area contributed by atoms with Gasteiger partial charge >= 0.3 is 0 Å². The lowest BCUT2D eigenvalue weighted by atomic mass is 9.97. The number of para-hydroxylation sites is 2. The van der Waals surface area contributed by atoms with E-state index in [0.29, 0.717) is 61.2 Å². The lowest BCUT2D eigenvalue weighted by Gasteiger charge is -2.31. The van der Waals surface area contributed by atoms with Gasteiger partial charge in [0, 0.05) is 24.0 Å². The maximum absolute atomic E-state index is 12.8. The summed E-state index contributed by atoms with van der Waals surface area (Å²) in [5.41, 5.74) is 0.584. The van der Waals surface area contributed by atoms with Crippen LogP contribution in [-0.2, 0) is 20.6 Å². The molecule has 7 nitrogen and oxygen atoms in total. The summed E-state index contributed by atoms with van der Waals surface area (Å²) in [4.78, 5) is 12.6. The molecular formula is C22H25ClN2O5S. The molecule has 0 bridgehead atoms. The molecule has 2 aromatic carbocycles. The van der Waals surface area contributed by atoms with E-state index in [1.165, 1.54) is 4.31 Å². The monoisotopic (exact) mass is 464 g/mol. The highest BCUT2D eigenvalue weighted by Crippen LogP contribution is 2.31. The molecular weight excluding hydrogens is 440 g/mol. The number of carbonyl (C=O) groups excluding carboxylic acids is 1. The predicted molar refractivity (Wildman–Crippen MR) is 118 cm³/mol. The van der Waals surface area contributed by atoms with Crippen molar-refractivity contribution in [3.05, 3.63) is 59.1 Å². The molecule has 1 saturated heterocycles. The topological polar surface area (TPSA) is 84.9 Å². The summed E-state index contributed by atoms with van der Waals surface area (Å²) >= 11 is 6.11. The van der Waals surface area contributed by atoms with Crippen molar-refractivity contribution in [3.8, 4) is 11.5 Å². The third-order valence-electron chi connectivity index (χ3n) is 5.59. The van der Waals surface area contributed by atoms with Crippen molar-refractivity contribution in [3.63, 3.8) is 0 Å². The van der Waals surface area contributed by atoms with Gasteiger partial charge in [0.05, 0.1) is 12.3 Å². The number of carbonyl (C=O) groups is 1. The summed E-state index contributed by atoms with van der Waals surface area (Å²) in [6.45, 7) is 1.36. The van der Waals surface area contributed by atoms with Crippen molar-refractivity contribution in [2.24, 2.45) is 5.92 Å². The highest BCUT2D eigenvalue weighted by Gasteiger charge is 2.32. The first kappa shape index (κ1) is 21.9. The number of halogens is 1. The van der Waals surface area contributed by atoms with Crippen LogP contribution in [0.1, 0.15) is 18.4 Å². The van der Waals surface area contributed by atoms with Gasteiger partial charge in [0.1, 0.15) is 12.7 Å². The molecule has 1 N–H and O–H groups in total. The third-order valence-corrected chi connectivity index (χ3v) is 7.78. The quantitative estimate of drug-likeness (QED) is 0.710. The van der Waals surface area contributed by atoms with Gasteiger partial charge in [0.25, 0.3) is 0 Å². The first-order valence-electron chi connectivity index (χ1n) is 10.3. The summed E-state index contributed by atoms with van der Waals surface area (Å²) in [5, 5.41) is 3.37. The zero-order chi connectivity index (χ0) is 21.8. The number of benzene rings is 2. The minimum atomic E-state index is -3.49. The number of nitrogens with zero attached hydrogens (tertiary/aromatic N) is 1. The van der Waals surface area contributed by atoms with Gasteiger partial charge < -0.3 is 14.8 Å². The van der Waals surface area contributed by atoms with Crippen LogP contribution in [0.25, 0.3) is 0 Å². The number of sulfonamides is 1. The second-order valence-corrected chi connectivity index (χ2v) is 10.1. The van der Waals surface area contributed by atoms with Crippen molar-refractivity contribution in [2.45, 2.75) is 24.7 Å². The van der Waals surface area contributed by atoms with E-state index in [-0.39, 0.29) is 23.7 Å². The fourth-order valence-electron chi connectivity index (χ4n) is 3.82. The highest BCUT2D eigenvalue weighted by atomic mass is 35.5. The van der Waals surface area contributed by atoms with Crippen LogP contribution in [-0.4, -0.2) is 51.0 Å². The molecule has 4 rings (SSSR count). The summed E-state index contributed by atoms with van der Waals surface area (Å²) in [5.74, 6) is 0.943. The molecule has 2 aliphatic heterocycles. The summed E-state index contributed by atoms with van der Waals surface area (Å²) in [6.07, 6.45) is 0.714. The van der Waals surface area contributed by atoms with E-state index in [4.69, 9.17) is 21.1 Å². The van der Waals surface area contributed by atoms with Gasteiger partial charge in [0.2, 0.25) is 15.9 Å². The molecule has 1 fully saturated rings. The molecule has 0 aromatic heterocycles. The number of hydrogen-bond acceptors (Lipinski definition) is 5. The Morgan fingerprint density at radius 3 is 2.48 bits per heavy atom. The van der Waals surface area contributed by atoms with E-state index in [9.17, 15) is 13.2 Å². The Hall–Kier alpha value is -2.29. The molecule has 0 saturated carbocycles. The molecule has 0 unspecified atom stereocenters. The van der Waals surface area contributed by atoms with Crippen molar-refractivity contribution in [2.75, 3.05) is 26.2 Å². The second kappa shape index (κ2) is 9.46. The SMILES string of the molecule is O=C(NC[C@@H]1COc2ccccc2O1)C1CCN(S(=O)(=O)Cc2ccccc2Cl)CC1. The Kier molecular flexibility index (Phi) is 6.69. The molecule has 0 radical (unpaired) electrons. The van der Waals surface area contributed by atoms with Crippen LogP contribution in [0.4, 0.5) is 0 Å². The average Bonchev–Trinajstić information content (AvgIpc) is 2.79. The molecule has 1 amide bonds. The minimum absolute atomic E-state index is 0.0781. The Balaban J connectivity index is 1.25. The number of hydrogen-bond donors (Lipinski definition) is 1. The lowest BCUT2D eigenvalue weighted by Crippen LogP contribution is -2.46. The van der Waals surface area contributed by atoms with E-state index >= 15 is 0 Å². The highest BCUT2D eigenvalue weighted by molar-refractivity contribution is 7.88. The fourth-order valence-corrected chi connectivity index (χ4v) is 5.70. The van der Waals surface area contributed by atoms with Crippen LogP contribution in [0.2, 0.25) is 5.02 Å². The van der Waals surface area contributed by atoms with Crippen LogP contribution in [0.15, 0.2) is 48.5 Å². The molecule has 0 aliphatic carbocycles. The number of ether oxygens (including phenoxy) is 2. The smallest absolute Gasteiger partial charge is 0.223 e. The Morgan fingerprint density at radius 1 is 1.06 bits per heavy atom. The standard InChI is InChI=1S/C22H25ClN2O5S/c23-19-6-2-1-5-17(19)15-31(27,28)25-11-9-16(10-12-25)22(26)24-13-18-14-29-20-7-3-4-8-21(20)30-18/h1-8,16,18H,9-15H2,(H,24,26)/t18-/m1/s1. The van der Waals surface area contributed by atoms with Gasteiger partial charge in [-0.1, -0.05) is 41.9 Å². The van der Waals surface area contributed by atoms with Crippen LogP contribution in [0.3, 0.4) is 0 Å². The molecule has 9 heteroatoms. The largest absolute Gasteiger partial charge is 0.486 e. The van der Waals surface area contributed by atoms with Crippen LogP contribution >= 0.6 is 11.6 Å². The number of rotatable bonds is 6. The maximum atomic E-state index is 12.8. The van der Waals surface area contributed by atoms with Crippen LogP contribution < -0.4 is 14.8 Å². The average molecular weight is 465 g/mol. The predicted octanol–water partition coefficient (Wildman–Crippen LogP) is 2.84. The number of fused-ring (bicyclic) bond motifs is 1. The molecule has 0 spiro atoms. The summed E-state index contributed by atoms with van der Waals surface area (Å²) < 4.78 is 38.5. The number of piperidine rings is 1. The van der Waals surface area contributed by atoms with Gasteiger partial charge in [-0.25, -0.2) is 12.7 Å². The van der Waals surface area contributed by atoms with Gasteiger partial charge in [-0.2, -0.15) is 0 Å². The molecule has 2 heterocycles. The van der Waals surface area contributed by atoms with Crippen LogP contribution in [0, 0.1) is 5.92 Å². The molecule has 31 heavy (non-hydrogen) atoms. The van der Waals surface area contributed by atoms with E-state index in [2.05, 4.69) is 5.32 Å². The van der Waals surface area contributed by atoms with Gasteiger partial charge in [0.15, 0.2) is 11.5 Å². The number of nitrogens with one attached hydrogen (secondary N) is 1. The minimum Gasteiger partial charge on any atom is -0.486 e. The second-order valence-electron chi connectivity index (χ2n) is 7.76. The third kappa shape index (κ3) is 5.31. The van der Waals surface area contributed by atoms with Crippen molar-refractivity contribution in [1.29, 1.82) is 0 Å². The Bertz CT molecular complexity index is 1040. The zero-order valence-electron chi connectivity index (χ0n) is 17.0. The Labute approximate surface area is 187 Å². The normalized spacial score (nSPS) is 19.7. The summed E-state index contributed by atoms with van der Waals surface area (Å²) in [7, 11) is -3.49. The van der Waals surface area contributed by atoms with Crippen molar-refractivity contribution >= 4 is 27.5 Å². The lowest BCUT2D eigenvalue weighted by molar-refractivity contribution is -0.126. The van der Waals surface area contributed by atoms with Gasteiger partial charge in [-0.15, -0.1) is 0 Å². The van der Waals surface area contributed by atoms with E-state index in [1.807, 2.05) is 24.3 Å². The maximum Gasteiger partial charge on any atom is 0.223 e. The van der Waals surface area contributed by atoms with E-state index in [0.717, 1.165) is 0 Å².